The molecule has 1 aromatic carbocycles. The summed E-state index contributed by atoms with van der Waals surface area (Å²) in [5.41, 5.74) is -0.748. The molecule has 7 nitrogen and oxygen atoms in total. The van der Waals surface area contributed by atoms with Gasteiger partial charge in [-0.2, -0.15) is 0 Å². The number of ether oxygens (including phenoxy) is 2. The first kappa shape index (κ1) is 19.7. The predicted octanol–water partition coefficient (Wildman–Crippen LogP) is 2.69. The smallest absolute Gasteiger partial charge is 0.282 e. The van der Waals surface area contributed by atoms with Crippen molar-refractivity contribution in [1.29, 1.82) is 0 Å². The maximum absolute atomic E-state index is 13.1. The van der Waals surface area contributed by atoms with Gasteiger partial charge in [-0.25, -0.2) is 4.98 Å². The number of nitrogens with one attached hydrogen (secondary N) is 1. The highest BCUT2D eigenvalue weighted by atomic mass is 16.5. The summed E-state index contributed by atoms with van der Waals surface area (Å²) in [5.74, 6) is 0.744. The van der Waals surface area contributed by atoms with Crippen molar-refractivity contribution in [2.45, 2.75) is 38.8 Å². The first-order chi connectivity index (χ1) is 13.5. The molecule has 0 aliphatic carbocycles. The second-order valence-corrected chi connectivity index (χ2v) is 6.80. The number of benzene rings is 1. The highest BCUT2D eigenvalue weighted by molar-refractivity contribution is 6.16. The zero-order valence-corrected chi connectivity index (χ0v) is 16.4. The van der Waals surface area contributed by atoms with Crippen LogP contribution in [0.4, 0.5) is 5.82 Å². The minimum absolute atomic E-state index is 0.282. The number of fused-ring (bicyclic) bond motifs is 1. The van der Waals surface area contributed by atoms with Crippen LogP contribution in [0.1, 0.15) is 32.3 Å². The summed E-state index contributed by atoms with van der Waals surface area (Å²) in [7, 11) is 1.60. The minimum atomic E-state index is -1.64. The number of pyridine rings is 1. The van der Waals surface area contributed by atoms with Gasteiger partial charge in [0.2, 0.25) is 0 Å². The minimum Gasteiger partial charge on any atom is -0.497 e. The molecule has 0 fully saturated rings. The number of amides is 2. The van der Waals surface area contributed by atoms with E-state index in [0.717, 1.165) is 24.2 Å². The Balaban J connectivity index is 1.78. The quantitative estimate of drug-likeness (QED) is 0.744. The van der Waals surface area contributed by atoms with Crippen molar-refractivity contribution in [3.8, 4) is 11.5 Å². The number of unbranched alkanes of at least 4 members (excludes halogenated alkanes) is 1. The Morgan fingerprint density at radius 3 is 2.71 bits per heavy atom. The van der Waals surface area contributed by atoms with Gasteiger partial charge in [0, 0.05) is 19.3 Å². The first-order valence-corrected chi connectivity index (χ1v) is 9.37. The van der Waals surface area contributed by atoms with E-state index < -0.39 is 17.4 Å². The fourth-order valence-corrected chi connectivity index (χ4v) is 3.04. The molecule has 0 saturated carbocycles. The number of carbonyl (C=O) groups excluding carboxylic acids is 2. The second kappa shape index (κ2) is 8.29. The molecule has 2 heterocycles. The van der Waals surface area contributed by atoms with E-state index in [-0.39, 0.29) is 6.54 Å². The lowest BCUT2D eigenvalue weighted by Crippen LogP contribution is -2.62. The molecular formula is C21H25N3O4. The Hall–Kier alpha value is -3.09. The van der Waals surface area contributed by atoms with Crippen LogP contribution < -0.4 is 19.7 Å². The van der Waals surface area contributed by atoms with Gasteiger partial charge in [0.1, 0.15) is 5.75 Å². The average Bonchev–Trinajstić information content (AvgIpc) is 2.72. The molecule has 148 valence electrons. The van der Waals surface area contributed by atoms with Crippen molar-refractivity contribution in [2.24, 2.45) is 0 Å². The molecule has 1 atom stereocenters. The molecule has 1 aromatic heterocycles. The summed E-state index contributed by atoms with van der Waals surface area (Å²) in [6.07, 6.45) is 3.35. The third-order valence-corrected chi connectivity index (χ3v) is 4.75. The van der Waals surface area contributed by atoms with Gasteiger partial charge in [0.25, 0.3) is 17.4 Å². The van der Waals surface area contributed by atoms with Crippen LogP contribution in [0, 0.1) is 0 Å². The molecule has 1 aliphatic heterocycles. The lowest BCUT2D eigenvalue weighted by molar-refractivity contribution is -0.148. The van der Waals surface area contributed by atoms with E-state index in [4.69, 9.17) is 9.47 Å². The average molecular weight is 383 g/mol. The number of aromatic nitrogens is 1. The summed E-state index contributed by atoms with van der Waals surface area (Å²) in [6.45, 7) is 4.33. The van der Waals surface area contributed by atoms with Crippen LogP contribution in [0.15, 0.2) is 42.6 Å². The van der Waals surface area contributed by atoms with Crippen molar-refractivity contribution in [3.63, 3.8) is 0 Å². The van der Waals surface area contributed by atoms with E-state index in [9.17, 15) is 9.59 Å². The molecule has 1 aliphatic rings. The molecule has 3 rings (SSSR count). The number of anilines is 1. The van der Waals surface area contributed by atoms with Gasteiger partial charge in [-0.1, -0.05) is 25.5 Å². The van der Waals surface area contributed by atoms with E-state index in [1.807, 2.05) is 31.2 Å². The van der Waals surface area contributed by atoms with E-state index in [0.29, 0.717) is 18.1 Å². The summed E-state index contributed by atoms with van der Waals surface area (Å²) >= 11 is 0. The van der Waals surface area contributed by atoms with Gasteiger partial charge in [0.05, 0.1) is 7.11 Å². The number of nitrogens with zero attached hydrogens (tertiary/aromatic N) is 2. The number of methoxy groups -OCH3 is 1. The summed E-state index contributed by atoms with van der Waals surface area (Å²) < 4.78 is 11.0. The van der Waals surface area contributed by atoms with Crippen LogP contribution in [-0.4, -0.2) is 36.1 Å². The van der Waals surface area contributed by atoms with Crippen LogP contribution in [0.25, 0.3) is 0 Å². The highest BCUT2D eigenvalue weighted by Gasteiger charge is 2.50. The van der Waals surface area contributed by atoms with Crippen LogP contribution in [0.2, 0.25) is 0 Å². The fourth-order valence-electron chi connectivity index (χ4n) is 3.04. The van der Waals surface area contributed by atoms with Crippen molar-refractivity contribution < 1.29 is 19.1 Å². The lowest BCUT2D eigenvalue weighted by Gasteiger charge is -2.38. The third kappa shape index (κ3) is 3.78. The third-order valence-electron chi connectivity index (χ3n) is 4.75. The normalized spacial score (nSPS) is 18.2. The molecule has 0 bridgehead atoms. The SMILES string of the molecule is CCCCN1C(=O)C(C)(C(=O)NCc2ccc(OC)cc2)Oc2cccnc21. The Kier molecular flexibility index (Phi) is 5.82. The second-order valence-electron chi connectivity index (χ2n) is 6.80. The predicted molar refractivity (Wildman–Crippen MR) is 105 cm³/mol. The Morgan fingerprint density at radius 1 is 1.29 bits per heavy atom. The van der Waals surface area contributed by atoms with Crippen molar-refractivity contribution in [2.75, 3.05) is 18.6 Å². The van der Waals surface area contributed by atoms with Crippen molar-refractivity contribution in [3.05, 3.63) is 48.2 Å². The highest BCUT2D eigenvalue weighted by Crippen LogP contribution is 2.36. The van der Waals surface area contributed by atoms with Gasteiger partial charge in [-0.05, 0) is 43.2 Å². The Labute approximate surface area is 164 Å². The van der Waals surface area contributed by atoms with E-state index in [2.05, 4.69) is 10.3 Å². The summed E-state index contributed by atoms with van der Waals surface area (Å²) in [6, 6.07) is 10.8. The standard InChI is InChI=1S/C21H25N3O4/c1-4-5-13-24-18-17(7-6-12-22-18)28-21(2,20(24)26)19(25)23-14-15-8-10-16(27-3)11-9-15/h6-12H,4-5,13-14H2,1-3H3,(H,23,25). The van der Waals surface area contributed by atoms with Gasteiger partial charge in [-0.3, -0.25) is 14.5 Å². The summed E-state index contributed by atoms with van der Waals surface area (Å²) in [5, 5.41) is 2.81. The van der Waals surface area contributed by atoms with Gasteiger partial charge in [0.15, 0.2) is 11.6 Å². The fraction of sp³-hybridized carbons (Fsp3) is 0.381. The number of carbonyl (C=O) groups is 2. The van der Waals surface area contributed by atoms with Crippen LogP contribution in [0.3, 0.4) is 0 Å². The van der Waals surface area contributed by atoms with E-state index >= 15 is 0 Å². The zero-order chi connectivity index (χ0) is 20.1. The largest absolute Gasteiger partial charge is 0.497 e. The molecule has 28 heavy (non-hydrogen) atoms. The monoisotopic (exact) mass is 383 g/mol. The maximum Gasteiger partial charge on any atom is 0.282 e. The maximum atomic E-state index is 13.1. The van der Waals surface area contributed by atoms with E-state index in [1.165, 1.54) is 6.92 Å². The Morgan fingerprint density at radius 2 is 2.04 bits per heavy atom. The molecule has 2 aromatic rings. The van der Waals surface area contributed by atoms with Crippen LogP contribution in [0.5, 0.6) is 11.5 Å². The molecular weight excluding hydrogens is 358 g/mol. The zero-order valence-electron chi connectivity index (χ0n) is 16.4. The molecule has 0 saturated heterocycles. The molecule has 0 spiro atoms. The molecule has 1 unspecified atom stereocenters. The van der Waals surface area contributed by atoms with Crippen molar-refractivity contribution >= 4 is 17.6 Å². The Bertz CT molecular complexity index is 853. The lowest BCUT2D eigenvalue weighted by atomic mass is 10.0. The molecule has 7 heteroatoms. The summed E-state index contributed by atoms with van der Waals surface area (Å²) in [4.78, 5) is 31.9. The number of hydrogen-bond donors (Lipinski definition) is 1. The van der Waals surface area contributed by atoms with Gasteiger partial charge >= 0.3 is 0 Å². The van der Waals surface area contributed by atoms with Crippen LogP contribution in [-0.2, 0) is 16.1 Å². The number of hydrogen-bond acceptors (Lipinski definition) is 5. The molecule has 2 amide bonds. The topological polar surface area (TPSA) is 80.8 Å². The first-order valence-electron chi connectivity index (χ1n) is 9.37. The van der Waals surface area contributed by atoms with Gasteiger partial charge < -0.3 is 14.8 Å². The molecule has 0 radical (unpaired) electrons. The number of rotatable bonds is 7. The van der Waals surface area contributed by atoms with E-state index in [1.54, 1.807) is 30.3 Å². The van der Waals surface area contributed by atoms with Gasteiger partial charge in [-0.15, -0.1) is 0 Å². The van der Waals surface area contributed by atoms with Crippen molar-refractivity contribution in [1.82, 2.24) is 10.3 Å². The van der Waals surface area contributed by atoms with Crippen LogP contribution >= 0.6 is 0 Å². The molecule has 1 N–H and O–H groups in total.